The molecule has 26 heavy (non-hydrogen) atoms. The second-order valence-electron chi connectivity index (χ2n) is 7.11. The Labute approximate surface area is 154 Å². The van der Waals surface area contributed by atoms with E-state index in [1.54, 1.807) is 0 Å². The monoisotopic (exact) mass is 373 g/mol. The number of carbonyl (C=O) groups excluding carboxylic acids is 3. The van der Waals surface area contributed by atoms with Crippen molar-refractivity contribution < 1.29 is 29.0 Å². The minimum atomic E-state index is -1.26. The summed E-state index contributed by atoms with van der Waals surface area (Å²) in [6.07, 6.45) is 0.159. The lowest BCUT2D eigenvalue weighted by molar-refractivity contribution is -0.146. The number of hydrogen-bond acceptors (Lipinski definition) is 6. The normalized spacial score (nSPS) is 14.5. The van der Waals surface area contributed by atoms with Crippen molar-refractivity contribution in [2.24, 2.45) is 17.6 Å². The summed E-state index contributed by atoms with van der Waals surface area (Å²) in [7, 11) is 1.24. The third-order valence-corrected chi connectivity index (χ3v) is 3.58. The van der Waals surface area contributed by atoms with Crippen molar-refractivity contribution in [1.82, 2.24) is 10.6 Å². The molecule has 3 unspecified atom stereocenters. The van der Waals surface area contributed by atoms with E-state index in [1.165, 1.54) is 7.11 Å². The predicted octanol–water partition coefficient (Wildman–Crippen LogP) is 0.0232. The Morgan fingerprint density at radius 1 is 0.923 bits per heavy atom. The number of ether oxygens (including phenoxy) is 1. The van der Waals surface area contributed by atoms with E-state index in [2.05, 4.69) is 10.6 Å². The fourth-order valence-electron chi connectivity index (χ4n) is 2.36. The Bertz CT molecular complexity index is 507. The summed E-state index contributed by atoms with van der Waals surface area (Å²) in [4.78, 5) is 47.2. The van der Waals surface area contributed by atoms with E-state index in [9.17, 15) is 19.2 Å². The number of carboxylic acid groups (broad SMARTS) is 1. The van der Waals surface area contributed by atoms with Crippen LogP contribution in [0.1, 0.15) is 47.0 Å². The topological polar surface area (TPSA) is 148 Å². The molecule has 9 nitrogen and oxygen atoms in total. The first-order valence-electron chi connectivity index (χ1n) is 8.63. The van der Waals surface area contributed by atoms with Gasteiger partial charge >= 0.3 is 11.9 Å². The zero-order valence-corrected chi connectivity index (χ0v) is 16.1. The van der Waals surface area contributed by atoms with Gasteiger partial charge in [-0.1, -0.05) is 27.7 Å². The van der Waals surface area contributed by atoms with Crippen LogP contribution in [0.25, 0.3) is 0 Å². The molecule has 0 saturated carbocycles. The van der Waals surface area contributed by atoms with Gasteiger partial charge in [0.05, 0.1) is 19.6 Å². The zero-order chi connectivity index (χ0) is 20.4. The van der Waals surface area contributed by atoms with Crippen LogP contribution in [0.15, 0.2) is 0 Å². The number of amides is 2. The van der Waals surface area contributed by atoms with Crippen LogP contribution >= 0.6 is 0 Å². The summed E-state index contributed by atoms with van der Waals surface area (Å²) in [5.74, 6) is -2.83. The number of methoxy groups -OCH3 is 1. The molecule has 0 aliphatic heterocycles. The van der Waals surface area contributed by atoms with E-state index >= 15 is 0 Å². The highest BCUT2D eigenvalue weighted by Crippen LogP contribution is 2.10. The number of aliphatic carboxylic acids is 1. The molecule has 0 heterocycles. The van der Waals surface area contributed by atoms with E-state index in [-0.39, 0.29) is 11.8 Å². The zero-order valence-electron chi connectivity index (χ0n) is 16.1. The number of nitrogens with one attached hydrogen (secondary N) is 2. The molecule has 9 heteroatoms. The molecule has 0 aromatic rings. The molecule has 0 spiro atoms. The molecule has 0 aromatic heterocycles. The molecule has 0 fully saturated rings. The number of nitrogens with two attached hydrogens (primary N) is 1. The average Bonchev–Trinajstić information content (AvgIpc) is 2.50. The van der Waals surface area contributed by atoms with Gasteiger partial charge in [-0.15, -0.1) is 0 Å². The van der Waals surface area contributed by atoms with Crippen LogP contribution in [0, 0.1) is 11.8 Å². The van der Waals surface area contributed by atoms with E-state index in [0.717, 1.165) is 0 Å². The van der Waals surface area contributed by atoms with Crippen molar-refractivity contribution >= 4 is 23.8 Å². The van der Waals surface area contributed by atoms with Gasteiger partial charge in [0.1, 0.15) is 12.1 Å². The Hall–Kier alpha value is -2.16. The first-order chi connectivity index (χ1) is 12.0. The summed E-state index contributed by atoms with van der Waals surface area (Å²) in [6.45, 7) is 7.55. The summed E-state index contributed by atoms with van der Waals surface area (Å²) in [6, 6.07) is -3.02. The van der Waals surface area contributed by atoms with Crippen LogP contribution in [0.4, 0.5) is 0 Å². The second kappa shape index (κ2) is 11.5. The summed E-state index contributed by atoms with van der Waals surface area (Å²) >= 11 is 0. The van der Waals surface area contributed by atoms with E-state index in [0.29, 0.717) is 12.8 Å². The van der Waals surface area contributed by atoms with Crippen LogP contribution in [-0.4, -0.2) is 54.1 Å². The van der Waals surface area contributed by atoms with Crippen molar-refractivity contribution in [3.8, 4) is 0 Å². The number of rotatable bonds is 11. The molecule has 3 atom stereocenters. The van der Waals surface area contributed by atoms with Crippen molar-refractivity contribution in [1.29, 1.82) is 0 Å². The number of hydrogen-bond donors (Lipinski definition) is 4. The number of carbonyl (C=O) groups is 4. The van der Waals surface area contributed by atoms with Gasteiger partial charge in [0.2, 0.25) is 11.8 Å². The van der Waals surface area contributed by atoms with Crippen LogP contribution in [0.2, 0.25) is 0 Å². The highest BCUT2D eigenvalue weighted by atomic mass is 16.5. The molecule has 0 radical (unpaired) electrons. The predicted molar refractivity (Wildman–Crippen MR) is 95.0 cm³/mol. The Kier molecular flexibility index (Phi) is 10.5. The minimum Gasteiger partial charge on any atom is -0.481 e. The molecule has 150 valence electrons. The van der Waals surface area contributed by atoms with Gasteiger partial charge < -0.3 is 26.2 Å². The van der Waals surface area contributed by atoms with Crippen molar-refractivity contribution in [3.63, 3.8) is 0 Å². The third-order valence-electron chi connectivity index (χ3n) is 3.58. The molecule has 0 saturated heterocycles. The lowest BCUT2D eigenvalue weighted by Gasteiger charge is -2.25. The quantitative estimate of drug-likeness (QED) is 0.373. The molecule has 0 aromatic carbocycles. The molecule has 0 bridgehead atoms. The fraction of sp³-hybridized carbons (Fsp3) is 0.765. The first-order valence-corrected chi connectivity index (χ1v) is 8.63. The smallest absolute Gasteiger partial charge is 0.328 e. The number of esters is 1. The van der Waals surface area contributed by atoms with E-state index in [1.807, 2.05) is 27.7 Å². The van der Waals surface area contributed by atoms with Crippen LogP contribution in [0.5, 0.6) is 0 Å². The summed E-state index contributed by atoms with van der Waals surface area (Å²) in [5.41, 5.74) is 5.54. The number of carboxylic acids is 1. The average molecular weight is 373 g/mol. The minimum absolute atomic E-state index is 0.0726. The standard InChI is InChI=1S/C17H31N3O6/c1-9(2)6-12(19-15(23)11(18)8-14(21)22)16(24)20-13(7-10(3)4)17(25)26-5/h9-13H,6-8,18H2,1-5H3,(H,19,23)(H,20,24)(H,21,22). The van der Waals surface area contributed by atoms with Crippen LogP contribution in [-0.2, 0) is 23.9 Å². The van der Waals surface area contributed by atoms with Crippen molar-refractivity contribution in [2.45, 2.75) is 65.1 Å². The van der Waals surface area contributed by atoms with Gasteiger partial charge in [-0.25, -0.2) is 4.79 Å². The third kappa shape index (κ3) is 9.36. The Morgan fingerprint density at radius 3 is 1.81 bits per heavy atom. The Morgan fingerprint density at radius 2 is 1.38 bits per heavy atom. The van der Waals surface area contributed by atoms with Gasteiger partial charge in [-0.05, 0) is 24.7 Å². The molecule has 5 N–H and O–H groups in total. The van der Waals surface area contributed by atoms with Crippen molar-refractivity contribution in [3.05, 3.63) is 0 Å². The summed E-state index contributed by atoms with van der Waals surface area (Å²) in [5, 5.41) is 13.8. The van der Waals surface area contributed by atoms with Crippen LogP contribution < -0.4 is 16.4 Å². The second-order valence-corrected chi connectivity index (χ2v) is 7.11. The van der Waals surface area contributed by atoms with Gasteiger partial charge in [0, 0.05) is 0 Å². The van der Waals surface area contributed by atoms with Gasteiger partial charge in [0.15, 0.2) is 0 Å². The lowest BCUT2D eigenvalue weighted by atomic mass is 10.00. The van der Waals surface area contributed by atoms with Gasteiger partial charge in [-0.3, -0.25) is 14.4 Å². The molecular formula is C17H31N3O6. The first kappa shape index (κ1) is 23.8. The highest BCUT2D eigenvalue weighted by molar-refractivity contribution is 5.93. The van der Waals surface area contributed by atoms with Gasteiger partial charge in [-0.2, -0.15) is 0 Å². The maximum Gasteiger partial charge on any atom is 0.328 e. The van der Waals surface area contributed by atoms with Gasteiger partial charge in [0.25, 0.3) is 0 Å². The molecule has 2 amide bonds. The molecule has 0 rings (SSSR count). The van der Waals surface area contributed by atoms with Crippen molar-refractivity contribution in [2.75, 3.05) is 7.11 Å². The fourth-order valence-corrected chi connectivity index (χ4v) is 2.36. The molecular weight excluding hydrogens is 342 g/mol. The highest BCUT2D eigenvalue weighted by Gasteiger charge is 2.29. The lowest BCUT2D eigenvalue weighted by Crippen LogP contribution is -2.55. The maximum absolute atomic E-state index is 12.6. The van der Waals surface area contributed by atoms with E-state index < -0.39 is 48.3 Å². The van der Waals surface area contributed by atoms with Crippen LogP contribution in [0.3, 0.4) is 0 Å². The largest absolute Gasteiger partial charge is 0.481 e. The van der Waals surface area contributed by atoms with E-state index in [4.69, 9.17) is 15.6 Å². The maximum atomic E-state index is 12.6. The SMILES string of the molecule is COC(=O)C(CC(C)C)NC(=O)C(CC(C)C)NC(=O)C(N)CC(=O)O. The molecule has 0 aliphatic carbocycles. The summed E-state index contributed by atoms with van der Waals surface area (Å²) < 4.78 is 4.71. The Balaban J connectivity index is 5.13. The molecule has 0 aliphatic rings.